The van der Waals surface area contributed by atoms with Gasteiger partial charge in [-0.15, -0.1) is 0 Å². The maximum absolute atomic E-state index is 13.5. The molecule has 0 unspecified atom stereocenters. The van der Waals surface area contributed by atoms with Crippen molar-refractivity contribution in [1.29, 1.82) is 0 Å². The number of aliphatic hydroxyl groups excluding tert-OH is 1. The van der Waals surface area contributed by atoms with Crippen molar-refractivity contribution in [3.63, 3.8) is 0 Å². The third-order valence-electron chi connectivity index (χ3n) is 12.8. The van der Waals surface area contributed by atoms with E-state index in [4.69, 9.17) is 18.9 Å². The van der Waals surface area contributed by atoms with Crippen LogP contribution in [0.15, 0.2) is 12.2 Å². The quantitative estimate of drug-likeness (QED) is 0.347. The van der Waals surface area contributed by atoms with Crippen molar-refractivity contribution in [1.82, 2.24) is 0 Å². The Morgan fingerprint density at radius 3 is 2.43 bits per heavy atom. The van der Waals surface area contributed by atoms with Crippen LogP contribution in [0.2, 0.25) is 0 Å². The number of ketones is 1. The number of epoxide rings is 1. The van der Waals surface area contributed by atoms with Crippen LogP contribution in [0, 0.1) is 28.6 Å². The lowest BCUT2D eigenvalue weighted by atomic mass is 9.43. The molecule has 3 saturated carbocycles. The van der Waals surface area contributed by atoms with Crippen LogP contribution < -0.4 is 0 Å². The molecule has 202 valence electrons. The minimum Gasteiger partial charge on any atom is -0.461 e. The van der Waals surface area contributed by atoms with Crippen molar-refractivity contribution in [3.8, 4) is 0 Å². The zero-order valence-electron chi connectivity index (χ0n) is 21.7. The predicted octanol–water partition coefficient (Wildman–Crippen LogP) is 1.16. The Morgan fingerprint density at radius 2 is 1.70 bits per heavy atom. The zero-order valence-corrected chi connectivity index (χ0v) is 21.7. The van der Waals surface area contributed by atoms with E-state index in [-0.39, 0.29) is 30.1 Å². The molecule has 14 atom stereocenters. The number of aliphatic hydroxyl groups is 3. The molecular weight excluding hydrogens is 480 g/mol. The van der Waals surface area contributed by atoms with Gasteiger partial charge in [-0.05, 0) is 71.4 Å². The zero-order chi connectivity index (χ0) is 26.2. The van der Waals surface area contributed by atoms with Gasteiger partial charge in [-0.1, -0.05) is 0 Å². The summed E-state index contributed by atoms with van der Waals surface area (Å²) in [6.07, 6.45) is 3.18. The average Bonchev–Trinajstić information content (AvgIpc) is 3.49. The molecule has 9 rings (SSSR count). The highest BCUT2D eigenvalue weighted by Crippen LogP contribution is 2.74. The molecule has 5 saturated heterocycles. The Labute approximate surface area is 215 Å². The van der Waals surface area contributed by atoms with Gasteiger partial charge < -0.3 is 34.3 Å². The van der Waals surface area contributed by atoms with E-state index in [9.17, 15) is 24.9 Å². The van der Waals surface area contributed by atoms with Crippen molar-refractivity contribution in [3.05, 3.63) is 12.2 Å². The first kappa shape index (κ1) is 23.5. The van der Waals surface area contributed by atoms with Gasteiger partial charge in [0.05, 0.1) is 34.1 Å². The minimum absolute atomic E-state index is 0.0538. The lowest BCUT2D eigenvalue weighted by Crippen LogP contribution is -2.80. The molecule has 0 radical (unpaired) electrons. The number of hydrogen-bond acceptors (Lipinski definition) is 9. The van der Waals surface area contributed by atoms with Gasteiger partial charge in [-0.2, -0.15) is 0 Å². The van der Waals surface area contributed by atoms with Crippen LogP contribution in [-0.2, 0) is 28.5 Å². The van der Waals surface area contributed by atoms with Gasteiger partial charge >= 0.3 is 5.97 Å². The van der Waals surface area contributed by atoms with Crippen molar-refractivity contribution in [2.24, 2.45) is 28.6 Å². The summed E-state index contributed by atoms with van der Waals surface area (Å²) in [4.78, 5) is 26.3. The van der Waals surface area contributed by atoms with Crippen molar-refractivity contribution < 1.29 is 43.9 Å². The third-order valence-corrected chi connectivity index (χ3v) is 12.8. The standard InChI is InChI=1S/C28H36O9/c1-22-11-14(15(34-21(22)31)12-24(22,3)33)27-10-9-26(37-27)18-13(7-8-23(26,2)32)25(4)16(29)5-6-17-28(25,35-17)20(30)19(18)36-27/h5-6,13-15,17-20,30,32-33H,7-12H2,1-4H3/t13-,14+,15-,17-,18-,19-,20+,22+,23-,24+,25-,26+,27+,28+/m0/s1. The van der Waals surface area contributed by atoms with Gasteiger partial charge in [-0.25, -0.2) is 0 Å². The number of allylic oxidation sites excluding steroid dienone is 1. The Hall–Kier alpha value is -1.36. The second-order valence-corrected chi connectivity index (χ2v) is 14.1. The highest BCUT2D eigenvalue weighted by molar-refractivity contribution is 5.98. The summed E-state index contributed by atoms with van der Waals surface area (Å²) in [5.41, 5.74) is -6.57. The first-order chi connectivity index (χ1) is 17.2. The molecule has 9 nitrogen and oxygen atoms in total. The number of fused-ring (bicyclic) bond motifs is 6. The van der Waals surface area contributed by atoms with Gasteiger partial charge in [0, 0.05) is 18.8 Å². The van der Waals surface area contributed by atoms with E-state index in [1.165, 1.54) is 0 Å². The molecule has 4 aliphatic carbocycles. The number of esters is 1. The first-order valence-electron chi connectivity index (χ1n) is 13.8. The Kier molecular flexibility index (Phi) is 3.93. The first-order valence-corrected chi connectivity index (χ1v) is 13.8. The molecule has 2 spiro atoms. The molecule has 8 fully saturated rings. The van der Waals surface area contributed by atoms with E-state index in [0.717, 1.165) is 0 Å². The number of hydrogen-bond donors (Lipinski definition) is 3. The highest BCUT2D eigenvalue weighted by Gasteiger charge is 2.86. The Morgan fingerprint density at radius 1 is 0.946 bits per heavy atom. The lowest BCUT2D eigenvalue weighted by molar-refractivity contribution is -0.432. The molecule has 5 aliphatic heterocycles. The van der Waals surface area contributed by atoms with Gasteiger partial charge in [0.2, 0.25) is 0 Å². The SMILES string of the molecule is C[C@]1(O)CC[C@H]2[C@H]3[C@H](O[C@]4([C@@H]5C[C@]6(C)C(=O)O[C@H]5C[C@@]6(C)O)CC[C@@]31O4)[C@@H](O)[C@]13O[C@H]1C=CC(=O)[C@]23C. The molecule has 0 amide bonds. The maximum atomic E-state index is 13.5. The van der Waals surface area contributed by atoms with E-state index in [1.54, 1.807) is 32.9 Å². The molecule has 4 bridgehead atoms. The molecule has 0 aromatic carbocycles. The van der Waals surface area contributed by atoms with Gasteiger partial charge in [-0.3, -0.25) is 9.59 Å². The Bertz CT molecular complexity index is 1180. The molecule has 0 aromatic rings. The monoisotopic (exact) mass is 516 g/mol. The summed E-state index contributed by atoms with van der Waals surface area (Å²) in [5, 5.41) is 35.0. The smallest absolute Gasteiger partial charge is 0.315 e. The van der Waals surface area contributed by atoms with E-state index in [2.05, 4.69) is 0 Å². The van der Waals surface area contributed by atoms with Crippen LogP contribution in [0.5, 0.6) is 0 Å². The van der Waals surface area contributed by atoms with Crippen LogP contribution in [0.4, 0.5) is 0 Å². The third kappa shape index (κ3) is 2.20. The van der Waals surface area contributed by atoms with Crippen LogP contribution in [0.1, 0.15) is 66.2 Å². The molecule has 9 heteroatoms. The summed E-state index contributed by atoms with van der Waals surface area (Å²) in [6.45, 7) is 7.14. The highest BCUT2D eigenvalue weighted by atomic mass is 16.7. The van der Waals surface area contributed by atoms with Crippen molar-refractivity contribution in [2.45, 2.75) is 119 Å². The van der Waals surface area contributed by atoms with Crippen molar-refractivity contribution >= 4 is 11.8 Å². The normalized spacial score (nSPS) is 66.5. The lowest BCUT2D eigenvalue weighted by Gasteiger charge is -2.68. The van der Waals surface area contributed by atoms with Crippen LogP contribution in [0.25, 0.3) is 0 Å². The molecule has 0 aromatic heterocycles. The second-order valence-electron chi connectivity index (χ2n) is 14.1. The summed E-state index contributed by atoms with van der Waals surface area (Å²) in [7, 11) is 0. The van der Waals surface area contributed by atoms with E-state index in [1.807, 2.05) is 6.92 Å². The summed E-state index contributed by atoms with van der Waals surface area (Å²) in [5.74, 6) is -2.63. The largest absolute Gasteiger partial charge is 0.461 e. The summed E-state index contributed by atoms with van der Waals surface area (Å²) in [6, 6.07) is 0. The fraction of sp³-hybridized carbons (Fsp3) is 0.857. The number of carbonyl (C=O) groups is 2. The number of ether oxygens (including phenoxy) is 4. The van der Waals surface area contributed by atoms with E-state index < -0.39 is 69.2 Å². The molecule has 3 N–H and O–H groups in total. The van der Waals surface area contributed by atoms with Crippen molar-refractivity contribution in [2.75, 3.05) is 0 Å². The average molecular weight is 517 g/mol. The molecular formula is C28H36O9. The fourth-order valence-electron chi connectivity index (χ4n) is 10.3. The fourth-order valence-corrected chi connectivity index (χ4v) is 10.3. The second kappa shape index (κ2) is 6.18. The van der Waals surface area contributed by atoms with E-state index >= 15 is 0 Å². The van der Waals surface area contributed by atoms with Gasteiger partial charge in [0.25, 0.3) is 0 Å². The number of carbonyl (C=O) groups excluding carboxylic acids is 2. The summed E-state index contributed by atoms with van der Waals surface area (Å²) >= 11 is 0. The number of rotatable bonds is 1. The van der Waals surface area contributed by atoms with Crippen LogP contribution >= 0.6 is 0 Å². The topological polar surface area (TPSA) is 135 Å². The summed E-state index contributed by atoms with van der Waals surface area (Å²) < 4.78 is 25.9. The van der Waals surface area contributed by atoms with Gasteiger partial charge in [0.1, 0.15) is 29.5 Å². The van der Waals surface area contributed by atoms with E-state index in [0.29, 0.717) is 32.1 Å². The maximum Gasteiger partial charge on any atom is 0.315 e. The molecule has 5 heterocycles. The predicted molar refractivity (Wildman–Crippen MR) is 125 cm³/mol. The van der Waals surface area contributed by atoms with Crippen LogP contribution in [-0.4, -0.2) is 79.7 Å². The molecule has 9 aliphatic rings. The van der Waals surface area contributed by atoms with Crippen LogP contribution in [0.3, 0.4) is 0 Å². The Balaban J connectivity index is 1.27. The van der Waals surface area contributed by atoms with Gasteiger partial charge in [0.15, 0.2) is 11.6 Å². The minimum atomic E-state index is -1.22. The molecule has 37 heavy (non-hydrogen) atoms.